The number of hydrogen-bond donors (Lipinski definition) is 1. The average molecular weight is 413 g/mol. The number of hydrogen-bond acceptors (Lipinski definition) is 7. The van der Waals surface area contributed by atoms with Gasteiger partial charge in [-0.1, -0.05) is 0 Å². The first-order chi connectivity index (χ1) is 15.3. The van der Waals surface area contributed by atoms with Crippen LogP contribution in [0.25, 0.3) is 22.3 Å². The van der Waals surface area contributed by atoms with Crippen molar-refractivity contribution in [3.8, 4) is 17.1 Å². The van der Waals surface area contributed by atoms with E-state index in [-0.39, 0.29) is 0 Å². The van der Waals surface area contributed by atoms with Crippen LogP contribution in [0.4, 0.5) is 5.82 Å². The Morgan fingerprint density at radius 2 is 1.97 bits per heavy atom. The Bertz CT molecular complexity index is 1210. The minimum atomic E-state index is 0.556. The molecule has 0 saturated carbocycles. The molecule has 4 aromatic rings. The molecule has 2 atom stereocenters. The number of aromatic amines is 1. The molecule has 4 aromatic heterocycles. The number of nitrogens with zero attached hydrogens (tertiary/aromatic N) is 6. The minimum Gasteiger partial charge on any atom is -0.481 e. The minimum absolute atomic E-state index is 0.556. The fourth-order valence-corrected chi connectivity index (χ4v) is 4.82. The predicted octanol–water partition coefficient (Wildman–Crippen LogP) is 2.89. The lowest BCUT2D eigenvalue weighted by Gasteiger charge is -2.56. The van der Waals surface area contributed by atoms with Gasteiger partial charge >= 0.3 is 0 Å². The van der Waals surface area contributed by atoms with Crippen LogP contribution in [0.5, 0.6) is 5.88 Å². The molecule has 0 amide bonds. The van der Waals surface area contributed by atoms with Gasteiger partial charge in [-0.25, -0.2) is 19.9 Å². The molecule has 3 aliphatic heterocycles. The molecular formula is C23H23N7O. The number of anilines is 1. The number of aromatic nitrogens is 5. The third kappa shape index (κ3) is 3.19. The zero-order chi connectivity index (χ0) is 20.8. The van der Waals surface area contributed by atoms with Crippen molar-refractivity contribution in [1.82, 2.24) is 29.8 Å². The lowest BCUT2D eigenvalue weighted by molar-refractivity contribution is -0.00874. The summed E-state index contributed by atoms with van der Waals surface area (Å²) in [5.41, 5.74) is 4.01. The van der Waals surface area contributed by atoms with Crippen LogP contribution in [0.2, 0.25) is 0 Å². The van der Waals surface area contributed by atoms with Crippen molar-refractivity contribution in [3.05, 3.63) is 60.8 Å². The summed E-state index contributed by atoms with van der Waals surface area (Å²) >= 11 is 0. The summed E-state index contributed by atoms with van der Waals surface area (Å²) < 4.78 is 5.26. The monoisotopic (exact) mass is 413 g/mol. The molecule has 3 aliphatic rings. The third-order valence-electron chi connectivity index (χ3n) is 6.42. The second-order valence-electron chi connectivity index (χ2n) is 8.19. The van der Waals surface area contributed by atoms with Gasteiger partial charge in [0.2, 0.25) is 5.88 Å². The first kappa shape index (κ1) is 18.3. The van der Waals surface area contributed by atoms with E-state index < -0.39 is 0 Å². The molecule has 0 spiro atoms. The van der Waals surface area contributed by atoms with Gasteiger partial charge in [0.25, 0.3) is 0 Å². The molecular weight excluding hydrogens is 390 g/mol. The number of methoxy groups -OCH3 is 1. The number of rotatable bonds is 5. The molecule has 2 bridgehead atoms. The van der Waals surface area contributed by atoms with Crippen molar-refractivity contribution >= 4 is 16.9 Å². The zero-order valence-electron chi connectivity index (χ0n) is 17.3. The second-order valence-corrected chi connectivity index (χ2v) is 8.19. The van der Waals surface area contributed by atoms with E-state index in [4.69, 9.17) is 9.72 Å². The number of ether oxygens (including phenoxy) is 1. The fraction of sp³-hybridized carbons (Fsp3) is 0.304. The van der Waals surface area contributed by atoms with Crippen LogP contribution in [0.15, 0.2) is 55.2 Å². The maximum Gasteiger partial charge on any atom is 0.213 e. The molecule has 1 N–H and O–H groups in total. The van der Waals surface area contributed by atoms with Gasteiger partial charge in [0.05, 0.1) is 12.8 Å². The molecule has 3 fully saturated rings. The average Bonchev–Trinajstić information content (AvgIpc) is 3.32. The van der Waals surface area contributed by atoms with E-state index in [1.54, 1.807) is 13.4 Å². The summed E-state index contributed by atoms with van der Waals surface area (Å²) in [6.07, 6.45) is 8.47. The van der Waals surface area contributed by atoms with E-state index in [0.29, 0.717) is 18.0 Å². The van der Waals surface area contributed by atoms with Crippen molar-refractivity contribution in [1.29, 1.82) is 0 Å². The van der Waals surface area contributed by atoms with E-state index >= 15 is 0 Å². The molecule has 31 heavy (non-hydrogen) atoms. The van der Waals surface area contributed by atoms with Gasteiger partial charge in [-0.3, -0.25) is 4.90 Å². The van der Waals surface area contributed by atoms with Crippen LogP contribution in [-0.2, 0) is 6.54 Å². The van der Waals surface area contributed by atoms with E-state index in [1.807, 2.05) is 30.7 Å². The number of fused-ring (bicyclic) bond motifs is 3. The van der Waals surface area contributed by atoms with Gasteiger partial charge in [-0.2, -0.15) is 0 Å². The topological polar surface area (TPSA) is 83.1 Å². The van der Waals surface area contributed by atoms with Gasteiger partial charge in [-0.05, 0) is 36.2 Å². The molecule has 8 heteroatoms. The first-order valence-corrected chi connectivity index (χ1v) is 10.5. The van der Waals surface area contributed by atoms with Crippen LogP contribution in [-0.4, -0.2) is 62.1 Å². The van der Waals surface area contributed by atoms with E-state index in [2.05, 4.69) is 47.9 Å². The highest BCUT2D eigenvalue weighted by atomic mass is 16.5. The normalized spacial score (nSPS) is 20.6. The maximum atomic E-state index is 5.26. The van der Waals surface area contributed by atoms with E-state index in [0.717, 1.165) is 47.7 Å². The summed E-state index contributed by atoms with van der Waals surface area (Å²) in [5.74, 6) is 1.71. The van der Waals surface area contributed by atoms with Crippen molar-refractivity contribution in [2.45, 2.75) is 25.0 Å². The van der Waals surface area contributed by atoms with Crippen molar-refractivity contribution in [2.24, 2.45) is 0 Å². The number of pyridine rings is 2. The van der Waals surface area contributed by atoms with Crippen LogP contribution in [0.1, 0.15) is 12.0 Å². The maximum absolute atomic E-state index is 5.26. The van der Waals surface area contributed by atoms with E-state index in [1.165, 1.54) is 12.0 Å². The van der Waals surface area contributed by atoms with Crippen LogP contribution < -0.4 is 9.64 Å². The van der Waals surface area contributed by atoms with Gasteiger partial charge in [0.15, 0.2) is 0 Å². The molecule has 3 saturated heterocycles. The molecule has 8 nitrogen and oxygen atoms in total. The Labute approximate surface area is 179 Å². The van der Waals surface area contributed by atoms with E-state index in [9.17, 15) is 0 Å². The second kappa shape index (κ2) is 7.31. The highest BCUT2D eigenvalue weighted by Crippen LogP contribution is 2.36. The molecule has 7 rings (SSSR count). The Hall–Kier alpha value is -3.52. The highest BCUT2D eigenvalue weighted by molar-refractivity contribution is 5.90. The molecule has 7 heterocycles. The Morgan fingerprint density at radius 3 is 2.77 bits per heavy atom. The predicted molar refractivity (Wildman–Crippen MR) is 118 cm³/mol. The highest BCUT2D eigenvalue weighted by Gasteiger charge is 2.44. The first-order valence-electron chi connectivity index (χ1n) is 10.5. The van der Waals surface area contributed by atoms with Crippen molar-refractivity contribution in [3.63, 3.8) is 0 Å². The van der Waals surface area contributed by atoms with Crippen molar-refractivity contribution in [2.75, 3.05) is 25.1 Å². The van der Waals surface area contributed by atoms with Gasteiger partial charge < -0.3 is 14.6 Å². The molecule has 0 aromatic carbocycles. The summed E-state index contributed by atoms with van der Waals surface area (Å²) in [6.45, 7) is 2.94. The largest absolute Gasteiger partial charge is 0.481 e. The summed E-state index contributed by atoms with van der Waals surface area (Å²) in [5, 5.41) is 1.01. The van der Waals surface area contributed by atoms with Crippen LogP contribution >= 0.6 is 0 Å². The molecule has 0 aliphatic carbocycles. The number of H-pyrrole nitrogens is 1. The Kier molecular flexibility index (Phi) is 4.31. The molecule has 156 valence electrons. The van der Waals surface area contributed by atoms with Gasteiger partial charge in [-0.15, -0.1) is 0 Å². The quantitative estimate of drug-likeness (QED) is 0.539. The fourth-order valence-electron chi connectivity index (χ4n) is 4.82. The summed E-state index contributed by atoms with van der Waals surface area (Å²) in [6, 6.07) is 11.4. The SMILES string of the molecule is COc1cc(CN2C3CC2CN(c2ccc(-c4ncnc5[nH]ccc45)cn2)C3)ccn1. The standard InChI is InChI=1S/C23H23N7O/c1-31-21-8-15(4-6-24-21)11-30-17-9-18(30)13-29(12-17)20-3-2-16(10-26-20)22-19-5-7-25-23(19)28-14-27-22/h2-8,10,14,17-18H,9,11-13H2,1H3,(H,25,27,28). The zero-order valence-corrected chi connectivity index (χ0v) is 17.3. The summed E-state index contributed by atoms with van der Waals surface area (Å²) in [7, 11) is 1.66. The lowest BCUT2D eigenvalue weighted by Crippen LogP contribution is -2.68. The van der Waals surface area contributed by atoms with Gasteiger partial charge in [0, 0.05) is 67.3 Å². The number of nitrogens with one attached hydrogen (secondary N) is 1. The smallest absolute Gasteiger partial charge is 0.213 e. The molecule has 0 radical (unpaired) electrons. The van der Waals surface area contributed by atoms with Gasteiger partial charge in [0.1, 0.15) is 17.8 Å². The molecule has 2 unspecified atom stereocenters. The Morgan fingerprint density at radius 1 is 1.06 bits per heavy atom. The Balaban J connectivity index is 1.16. The number of piperidine rings is 1. The lowest BCUT2D eigenvalue weighted by atomic mass is 9.87. The summed E-state index contributed by atoms with van der Waals surface area (Å²) in [4.78, 5) is 25.8. The van der Waals surface area contributed by atoms with Crippen LogP contribution in [0, 0.1) is 0 Å². The number of piperazine rings is 1. The van der Waals surface area contributed by atoms with Crippen LogP contribution in [0.3, 0.4) is 0 Å². The van der Waals surface area contributed by atoms with Crippen molar-refractivity contribution < 1.29 is 4.74 Å². The third-order valence-corrected chi connectivity index (χ3v) is 6.42.